The molecule has 0 fully saturated rings. The standard InChI is InChI=1S/C23H25N3O4/c1-25(2)23(28)18-14-20(29-3)21(30-4)15-19(18)24-22(27)13-16-7-9-17(10-8-16)26-11-5-6-12-26/h5-12,14-15H,13H2,1-4H3,(H,24,27). The lowest BCUT2D eigenvalue weighted by molar-refractivity contribution is -0.115. The highest BCUT2D eigenvalue weighted by Gasteiger charge is 2.20. The number of carbonyl (C=O) groups is 2. The Balaban J connectivity index is 1.80. The summed E-state index contributed by atoms with van der Waals surface area (Å²) in [6.45, 7) is 0. The molecule has 0 spiro atoms. The minimum Gasteiger partial charge on any atom is -0.493 e. The summed E-state index contributed by atoms with van der Waals surface area (Å²) in [6.07, 6.45) is 4.10. The van der Waals surface area contributed by atoms with Gasteiger partial charge in [-0.1, -0.05) is 12.1 Å². The van der Waals surface area contributed by atoms with Gasteiger partial charge in [0.05, 0.1) is 31.9 Å². The van der Waals surface area contributed by atoms with Gasteiger partial charge in [-0.2, -0.15) is 0 Å². The van der Waals surface area contributed by atoms with Crippen molar-refractivity contribution in [2.24, 2.45) is 0 Å². The van der Waals surface area contributed by atoms with E-state index < -0.39 is 0 Å². The molecule has 7 nitrogen and oxygen atoms in total. The summed E-state index contributed by atoms with van der Waals surface area (Å²) in [5.74, 6) is 0.367. The van der Waals surface area contributed by atoms with Gasteiger partial charge in [-0.05, 0) is 35.9 Å². The third-order valence-electron chi connectivity index (χ3n) is 4.64. The topological polar surface area (TPSA) is 72.8 Å². The van der Waals surface area contributed by atoms with E-state index in [9.17, 15) is 9.59 Å². The third kappa shape index (κ3) is 4.63. The van der Waals surface area contributed by atoms with Crippen LogP contribution in [-0.2, 0) is 11.2 Å². The Labute approximate surface area is 175 Å². The Bertz CT molecular complexity index is 1030. The van der Waals surface area contributed by atoms with Gasteiger partial charge in [0.25, 0.3) is 5.91 Å². The number of nitrogens with one attached hydrogen (secondary N) is 1. The molecule has 2 amide bonds. The molecule has 0 saturated heterocycles. The Morgan fingerprint density at radius 3 is 2.13 bits per heavy atom. The van der Waals surface area contributed by atoms with Crippen LogP contribution in [0.15, 0.2) is 60.9 Å². The van der Waals surface area contributed by atoms with Gasteiger partial charge < -0.3 is 24.3 Å². The molecule has 0 aliphatic carbocycles. The van der Waals surface area contributed by atoms with Gasteiger partial charge in [-0.15, -0.1) is 0 Å². The quantitative estimate of drug-likeness (QED) is 0.652. The molecule has 0 bridgehead atoms. The number of ether oxygens (including phenoxy) is 2. The van der Waals surface area contributed by atoms with Gasteiger partial charge in [-0.25, -0.2) is 0 Å². The van der Waals surface area contributed by atoms with Crippen molar-refractivity contribution in [1.29, 1.82) is 0 Å². The molecule has 7 heteroatoms. The normalized spacial score (nSPS) is 10.4. The molecular weight excluding hydrogens is 382 g/mol. The maximum atomic E-state index is 12.7. The highest BCUT2D eigenvalue weighted by Crippen LogP contribution is 2.34. The van der Waals surface area contributed by atoms with Gasteiger partial charge in [0.1, 0.15) is 0 Å². The number of hydrogen-bond donors (Lipinski definition) is 1. The first-order valence-corrected chi connectivity index (χ1v) is 9.42. The van der Waals surface area contributed by atoms with Crippen molar-refractivity contribution in [1.82, 2.24) is 9.47 Å². The number of rotatable bonds is 7. The summed E-state index contributed by atoms with van der Waals surface area (Å²) < 4.78 is 12.6. The van der Waals surface area contributed by atoms with Crippen LogP contribution in [0.2, 0.25) is 0 Å². The van der Waals surface area contributed by atoms with E-state index in [4.69, 9.17) is 9.47 Å². The van der Waals surface area contributed by atoms with Crippen LogP contribution in [0.5, 0.6) is 11.5 Å². The molecule has 30 heavy (non-hydrogen) atoms. The number of methoxy groups -OCH3 is 2. The summed E-state index contributed by atoms with van der Waals surface area (Å²) in [5, 5.41) is 2.84. The van der Waals surface area contributed by atoms with Crippen LogP contribution in [0.1, 0.15) is 15.9 Å². The van der Waals surface area contributed by atoms with Crippen LogP contribution in [0.3, 0.4) is 0 Å². The van der Waals surface area contributed by atoms with Crippen LogP contribution in [-0.4, -0.2) is 49.6 Å². The second kappa shape index (κ2) is 9.17. The minimum atomic E-state index is -0.248. The summed E-state index contributed by atoms with van der Waals surface area (Å²) in [6, 6.07) is 14.8. The Morgan fingerprint density at radius 1 is 0.967 bits per heavy atom. The fourth-order valence-electron chi connectivity index (χ4n) is 3.07. The average Bonchev–Trinajstić information content (AvgIpc) is 3.28. The summed E-state index contributed by atoms with van der Waals surface area (Å²) in [5.41, 5.74) is 2.58. The van der Waals surface area contributed by atoms with Crippen molar-refractivity contribution in [3.05, 3.63) is 72.1 Å². The van der Waals surface area contributed by atoms with Gasteiger partial charge in [0.2, 0.25) is 5.91 Å². The zero-order valence-electron chi connectivity index (χ0n) is 17.5. The monoisotopic (exact) mass is 407 g/mol. The number of hydrogen-bond acceptors (Lipinski definition) is 4. The fraction of sp³-hybridized carbons (Fsp3) is 0.217. The maximum absolute atomic E-state index is 12.7. The predicted octanol–water partition coefficient (Wildman–Crippen LogP) is 3.38. The number of anilines is 1. The van der Waals surface area contributed by atoms with Gasteiger partial charge in [0.15, 0.2) is 11.5 Å². The second-order valence-electron chi connectivity index (χ2n) is 6.93. The van der Waals surface area contributed by atoms with Crippen LogP contribution in [0.25, 0.3) is 5.69 Å². The molecular formula is C23H25N3O4. The average molecular weight is 407 g/mol. The summed E-state index contributed by atoms with van der Waals surface area (Å²) in [4.78, 5) is 26.7. The zero-order chi connectivity index (χ0) is 21.7. The van der Waals surface area contributed by atoms with Crippen molar-refractivity contribution in [3.63, 3.8) is 0 Å². The van der Waals surface area contributed by atoms with E-state index >= 15 is 0 Å². The first-order chi connectivity index (χ1) is 14.4. The van der Waals surface area contributed by atoms with Crippen LogP contribution < -0.4 is 14.8 Å². The minimum absolute atomic E-state index is 0.176. The molecule has 3 aromatic rings. The van der Waals surface area contributed by atoms with E-state index in [0.717, 1.165) is 11.3 Å². The largest absolute Gasteiger partial charge is 0.493 e. The Morgan fingerprint density at radius 2 is 1.57 bits per heavy atom. The van der Waals surface area contributed by atoms with E-state index in [1.54, 1.807) is 26.2 Å². The summed E-state index contributed by atoms with van der Waals surface area (Å²) in [7, 11) is 6.30. The molecule has 2 aromatic carbocycles. The molecule has 1 N–H and O–H groups in total. The van der Waals surface area contributed by atoms with E-state index in [1.165, 1.54) is 19.1 Å². The summed E-state index contributed by atoms with van der Waals surface area (Å²) >= 11 is 0. The highest BCUT2D eigenvalue weighted by molar-refractivity contribution is 6.04. The number of aromatic nitrogens is 1. The van der Waals surface area contributed by atoms with Gasteiger partial charge in [0, 0.05) is 38.2 Å². The smallest absolute Gasteiger partial charge is 0.255 e. The first-order valence-electron chi connectivity index (χ1n) is 9.42. The van der Waals surface area contributed by atoms with E-state index in [1.807, 2.05) is 53.4 Å². The maximum Gasteiger partial charge on any atom is 0.255 e. The number of amides is 2. The van der Waals surface area contributed by atoms with Crippen LogP contribution in [0.4, 0.5) is 5.69 Å². The Hall–Kier alpha value is -3.74. The van der Waals surface area contributed by atoms with Crippen molar-refractivity contribution in [3.8, 4) is 17.2 Å². The fourth-order valence-corrected chi connectivity index (χ4v) is 3.07. The van der Waals surface area contributed by atoms with Gasteiger partial charge in [-0.3, -0.25) is 9.59 Å². The molecule has 0 atom stereocenters. The molecule has 0 saturated carbocycles. The Kier molecular flexibility index (Phi) is 6.41. The van der Waals surface area contributed by atoms with Crippen molar-refractivity contribution in [2.75, 3.05) is 33.6 Å². The number of benzene rings is 2. The lowest BCUT2D eigenvalue weighted by atomic mass is 10.1. The number of nitrogens with zero attached hydrogens (tertiary/aromatic N) is 2. The zero-order valence-corrected chi connectivity index (χ0v) is 17.5. The predicted molar refractivity (Wildman–Crippen MR) is 116 cm³/mol. The van der Waals surface area contributed by atoms with E-state index in [-0.39, 0.29) is 18.2 Å². The molecule has 0 radical (unpaired) electrons. The van der Waals surface area contributed by atoms with E-state index in [0.29, 0.717) is 22.7 Å². The molecule has 1 heterocycles. The molecule has 156 valence electrons. The SMILES string of the molecule is COc1cc(NC(=O)Cc2ccc(-n3cccc3)cc2)c(C(=O)N(C)C)cc1OC. The molecule has 0 aliphatic rings. The first kappa shape index (κ1) is 21.0. The third-order valence-corrected chi connectivity index (χ3v) is 4.64. The van der Waals surface area contributed by atoms with Crippen LogP contribution in [0, 0.1) is 0 Å². The van der Waals surface area contributed by atoms with E-state index in [2.05, 4.69) is 5.32 Å². The molecule has 0 aliphatic heterocycles. The molecule has 1 aromatic heterocycles. The van der Waals surface area contributed by atoms with Crippen molar-refractivity contribution < 1.29 is 19.1 Å². The van der Waals surface area contributed by atoms with Crippen LogP contribution >= 0.6 is 0 Å². The van der Waals surface area contributed by atoms with Crippen molar-refractivity contribution in [2.45, 2.75) is 6.42 Å². The molecule has 0 unspecified atom stereocenters. The number of carbonyl (C=O) groups excluding carboxylic acids is 2. The van der Waals surface area contributed by atoms with Crippen molar-refractivity contribution >= 4 is 17.5 Å². The van der Waals surface area contributed by atoms with Gasteiger partial charge >= 0.3 is 0 Å². The lowest BCUT2D eigenvalue weighted by Crippen LogP contribution is -2.24. The highest BCUT2D eigenvalue weighted by atomic mass is 16.5. The molecule has 3 rings (SSSR count). The lowest BCUT2D eigenvalue weighted by Gasteiger charge is -2.18. The second-order valence-corrected chi connectivity index (χ2v) is 6.93.